The SMILES string of the molecule is COc1ccc(Nc2ccc(F)cc2)c(F)c1. The van der Waals surface area contributed by atoms with Crippen molar-refractivity contribution in [3.05, 3.63) is 54.1 Å². The van der Waals surface area contributed by atoms with Gasteiger partial charge in [0.2, 0.25) is 0 Å². The lowest BCUT2D eigenvalue weighted by molar-refractivity contribution is 0.411. The molecule has 4 heteroatoms. The Hall–Kier alpha value is -2.10. The second-order valence-corrected chi connectivity index (χ2v) is 3.48. The maximum atomic E-state index is 13.6. The van der Waals surface area contributed by atoms with Crippen molar-refractivity contribution in [2.24, 2.45) is 0 Å². The first kappa shape index (κ1) is 11.4. The van der Waals surface area contributed by atoms with Crippen LogP contribution in [0.1, 0.15) is 0 Å². The van der Waals surface area contributed by atoms with Gasteiger partial charge in [-0.3, -0.25) is 0 Å². The van der Waals surface area contributed by atoms with E-state index in [1.807, 2.05) is 0 Å². The van der Waals surface area contributed by atoms with Gasteiger partial charge < -0.3 is 10.1 Å². The van der Waals surface area contributed by atoms with Crippen LogP contribution in [-0.2, 0) is 0 Å². The van der Waals surface area contributed by atoms with E-state index in [9.17, 15) is 8.78 Å². The summed E-state index contributed by atoms with van der Waals surface area (Å²) in [6, 6.07) is 10.2. The fourth-order valence-corrected chi connectivity index (χ4v) is 1.41. The summed E-state index contributed by atoms with van der Waals surface area (Å²) in [6.45, 7) is 0. The van der Waals surface area contributed by atoms with Gasteiger partial charge in [0.05, 0.1) is 12.8 Å². The smallest absolute Gasteiger partial charge is 0.150 e. The number of anilines is 2. The molecule has 2 rings (SSSR count). The van der Waals surface area contributed by atoms with Gasteiger partial charge in [-0.05, 0) is 36.4 Å². The normalized spacial score (nSPS) is 10.1. The number of hydrogen-bond donors (Lipinski definition) is 1. The van der Waals surface area contributed by atoms with Crippen LogP contribution < -0.4 is 10.1 Å². The predicted octanol–water partition coefficient (Wildman–Crippen LogP) is 3.72. The van der Waals surface area contributed by atoms with E-state index < -0.39 is 5.82 Å². The van der Waals surface area contributed by atoms with Crippen LogP contribution in [-0.4, -0.2) is 7.11 Å². The molecule has 0 spiro atoms. The van der Waals surface area contributed by atoms with Gasteiger partial charge in [0.25, 0.3) is 0 Å². The lowest BCUT2D eigenvalue weighted by Gasteiger charge is -2.08. The molecule has 1 N–H and O–H groups in total. The fourth-order valence-electron chi connectivity index (χ4n) is 1.41. The van der Waals surface area contributed by atoms with E-state index in [1.54, 1.807) is 24.3 Å². The molecule has 0 fully saturated rings. The van der Waals surface area contributed by atoms with Crippen LogP contribution in [0.25, 0.3) is 0 Å². The summed E-state index contributed by atoms with van der Waals surface area (Å²) in [7, 11) is 1.47. The van der Waals surface area contributed by atoms with Crippen LogP contribution in [0.2, 0.25) is 0 Å². The number of halogens is 2. The molecule has 0 saturated heterocycles. The highest BCUT2D eigenvalue weighted by Gasteiger charge is 2.04. The van der Waals surface area contributed by atoms with Gasteiger partial charge in [0.15, 0.2) is 0 Å². The highest BCUT2D eigenvalue weighted by molar-refractivity contribution is 5.60. The van der Waals surface area contributed by atoms with Crippen LogP contribution in [0, 0.1) is 11.6 Å². The van der Waals surface area contributed by atoms with Gasteiger partial charge in [-0.2, -0.15) is 0 Å². The number of ether oxygens (including phenoxy) is 1. The maximum absolute atomic E-state index is 13.6. The molecule has 2 aromatic carbocycles. The molecule has 0 unspecified atom stereocenters. The third-order valence-corrected chi connectivity index (χ3v) is 2.30. The van der Waals surface area contributed by atoms with Gasteiger partial charge >= 0.3 is 0 Å². The molecule has 0 heterocycles. The molecule has 2 nitrogen and oxygen atoms in total. The van der Waals surface area contributed by atoms with Crippen molar-refractivity contribution < 1.29 is 13.5 Å². The Morgan fingerprint density at radius 3 is 2.29 bits per heavy atom. The third kappa shape index (κ3) is 2.72. The van der Waals surface area contributed by atoms with E-state index in [0.717, 1.165) is 0 Å². The molecular weight excluding hydrogens is 224 g/mol. The largest absolute Gasteiger partial charge is 0.497 e. The van der Waals surface area contributed by atoms with Crippen LogP contribution in [0.15, 0.2) is 42.5 Å². The average molecular weight is 235 g/mol. The van der Waals surface area contributed by atoms with E-state index in [4.69, 9.17) is 4.74 Å². The molecule has 0 amide bonds. The second-order valence-electron chi connectivity index (χ2n) is 3.48. The number of methoxy groups -OCH3 is 1. The quantitative estimate of drug-likeness (QED) is 0.875. The van der Waals surface area contributed by atoms with E-state index in [1.165, 1.54) is 25.3 Å². The number of benzene rings is 2. The summed E-state index contributed by atoms with van der Waals surface area (Å²) in [5.41, 5.74) is 0.938. The van der Waals surface area contributed by atoms with Crippen LogP contribution >= 0.6 is 0 Å². The summed E-state index contributed by atoms with van der Waals surface area (Å²) in [4.78, 5) is 0. The topological polar surface area (TPSA) is 21.3 Å². The Labute approximate surface area is 97.8 Å². The second kappa shape index (κ2) is 4.82. The molecule has 2 aromatic rings. The molecule has 0 aliphatic rings. The number of nitrogens with one attached hydrogen (secondary N) is 1. The standard InChI is InChI=1S/C13H11F2NO/c1-17-11-6-7-13(12(15)8-11)16-10-4-2-9(14)3-5-10/h2-8,16H,1H3. The molecule has 88 valence electrons. The Bertz CT molecular complexity index is 511. The Balaban J connectivity index is 2.21. The van der Waals surface area contributed by atoms with E-state index in [0.29, 0.717) is 17.1 Å². The summed E-state index contributed by atoms with van der Waals surface area (Å²) in [5, 5.41) is 2.85. The molecular formula is C13H11F2NO. The summed E-state index contributed by atoms with van der Waals surface area (Å²) in [6.07, 6.45) is 0. The highest BCUT2D eigenvalue weighted by atomic mass is 19.1. The molecule has 17 heavy (non-hydrogen) atoms. The molecule has 0 aromatic heterocycles. The first-order valence-corrected chi connectivity index (χ1v) is 5.05. The summed E-state index contributed by atoms with van der Waals surface area (Å²) in [5.74, 6) is -0.299. The number of rotatable bonds is 3. The summed E-state index contributed by atoms with van der Waals surface area (Å²) >= 11 is 0. The fraction of sp³-hybridized carbons (Fsp3) is 0.0769. The Morgan fingerprint density at radius 1 is 1.00 bits per heavy atom. The third-order valence-electron chi connectivity index (χ3n) is 2.30. The Morgan fingerprint density at radius 2 is 1.71 bits per heavy atom. The molecule has 0 bridgehead atoms. The number of hydrogen-bond acceptors (Lipinski definition) is 2. The van der Waals surface area contributed by atoms with E-state index in [2.05, 4.69) is 5.32 Å². The zero-order chi connectivity index (χ0) is 12.3. The lowest BCUT2D eigenvalue weighted by atomic mass is 10.2. The molecule has 0 saturated carbocycles. The van der Waals surface area contributed by atoms with Crippen molar-refractivity contribution >= 4 is 11.4 Å². The first-order valence-electron chi connectivity index (χ1n) is 5.05. The minimum atomic E-state index is -0.423. The molecule has 0 aliphatic heterocycles. The van der Waals surface area contributed by atoms with Gasteiger partial charge in [-0.1, -0.05) is 0 Å². The van der Waals surface area contributed by atoms with Crippen LogP contribution in [0.5, 0.6) is 5.75 Å². The summed E-state index contributed by atoms with van der Waals surface area (Å²) < 4.78 is 31.2. The van der Waals surface area contributed by atoms with E-state index in [-0.39, 0.29) is 5.82 Å². The average Bonchev–Trinajstić information content (AvgIpc) is 2.34. The lowest BCUT2D eigenvalue weighted by Crippen LogP contribution is -1.94. The van der Waals surface area contributed by atoms with E-state index >= 15 is 0 Å². The zero-order valence-electron chi connectivity index (χ0n) is 9.21. The highest BCUT2D eigenvalue weighted by Crippen LogP contribution is 2.23. The first-order chi connectivity index (χ1) is 8.19. The Kier molecular flexibility index (Phi) is 3.23. The predicted molar refractivity (Wildman–Crippen MR) is 62.6 cm³/mol. The minimum Gasteiger partial charge on any atom is -0.497 e. The maximum Gasteiger partial charge on any atom is 0.150 e. The minimum absolute atomic E-state index is 0.317. The molecule has 0 aliphatic carbocycles. The van der Waals surface area contributed by atoms with Gasteiger partial charge in [0, 0.05) is 11.8 Å². The van der Waals surface area contributed by atoms with Crippen molar-refractivity contribution in [2.75, 3.05) is 12.4 Å². The van der Waals surface area contributed by atoms with Crippen LogP contribution in [0.3, 0.4) is 0 Å². The van der Waals surface area contributed by atoms with Crippen molar-refractivity contribution in [3.8, 4) is 5.75 Å². The molecule has 0 radical (unpaired) electrons. The van der Waals surface area contributed by atoms with Crippen molar-refractivity contribution in [1.82, 2.24) is 0 Å². The monoisotopic (exact) mass is 235 g/mol. The zero-order valence-corrected chi connectivity index (χ0v) is 9.21. The van der Waals surface area contributed by atoms with Crippen molar-refractivity contribution in [3.63, 3.8) is 0 Å². The van der Waals surface area contributed by atoms with Crippen LogP contribution in [0.4, 0.5) is 20.2 Å². The van der Waals surface area contributed by atoms with Crippen molar-refractivity contribution in [2.45, 2.75) is 0 Å². The van der Waals surface area contributed by atoms with Gasteiger partial charge in [0.1, 0.15) is 17.4 Å². The van der Waals surface area contributed by atoms with Gasteiger partial charge in [-0.25, -0.2) is 8.78 Å². The van der Waals surface area contributed by atoms with Gasteiger partial charge in [-0.15, -0.1) is 0 Å². The van der Waals surface area contributed by atoms with Crippen molar-refractivity contribution in [1.29, 1.82) is 0 Å². The molecule has 0 atom stereocenters.